The molecule has 0 amide bonds. The number of hydrogen-bond donors (Lipinski definition) is 1. The minimum Gasteiger partial charge on any atom is -1.00 e. The second kappa shape index (κ2) is 69.8. The Morgan fingerprint density at radius 1 is 0.639 bits per heavy atom. The predicted octanol–water partition coefficient (Wildman–Crippen LogP) is 5.34. The van der Waals surface area contributed by atoms with E-state index in [2.05, 4.69) is 19.8 Å². The summed E-state index contributed by atoms with van der Waals surface area (Å²) >= 11 is 0. The van der Waals surface area contributed by atoms with Gasteiger partial charge in [-0.25, -0.2) is 0 Å². The van der Waals surface area contributed by atoms with Crippen molar-refractivity contribution in [3.63, 3.8) is 0 Å². The van der Waals surface area contributed by atoms with Gasteiger partial charge in [-0.2, -0.15) is 0 Å². The summed E-state index contributed by atoms with van der Waals surface area (Å²) in [6.07, 6.45) is 6.84. The Labute approximate surface area is 249 Å². The number of aromatic nitrogens is 3. The van der Waals surface area contributed by atoms with Gasteiger partial charge in [-0.1, -0.05) is 108 Å². The van der Waals surface area contributed by atoms with Crippen molar-refractivity contribution < 1.29 is 20.3 Å². The predicted molar refractivity (Wildman–Crippen MR) is 166 cm³/mol. The molecule has 0 aliphatic heterocycles. The molecule has 3 heterocycles. The van der Waals surface area contributed by atoms with E-state index in [-0.39, 0.29) is 37.6 Å². The first-order chi connectivity index (χ1) is 16.9. The Morgan fingerprint density at radius 3 is 1.19 bits per heavy atom. The van der Waals surface area contributed by atoms with Crippen molar-refractivity contribution in [2.45, 2.75) is 89.6 Å². The van der Waals surface area contributed by atoms with Crippen molar-refractivity contribution in [2.24, 2.45) is 5.73 Å². The van der Waals surface area contributed by atoms with Gasteiger partial charge in [-0.05, 0) is 36.4 Å². The summed E-state index contributed by atoms with van der Waals surface area (Å²) in [5, 5.41) is 0. The zero-order chi connectivity index (χ0) is 27.9. The van der Waals surface area contributed by atoms with Crippen LogP contribution < -0.4 is 24.6 Å². The largest absolute Gasteiger partial charge is 1.00 e. The summed E-state index contributed by atoms with van der Waals surface area (Å²) in [6, 6.07) is 16.7. The van der Waals surface area contributed by atoms with E-state index in [0.717, 1.165) is 5.69 Å². The van der Waals surface area contributed by atoms with Gasteiger partial charge in [0, 0.05) is 25.1 Å². The molecule has 3 aromatic heterocycles. The van der Waals surface area contributed by atoms with Crippen LogP contribution in [0.25, 0.3) is 4.85 Å². The molecule has 0 spiro atoms. The first kappa shape index (κ1) is 54.8. The summed E-state index contributed by atoms with van der Waals surface area (Å²) in [5.74, 6) is 0.451. The second-order valence-electron chi connectivity index (χ2n) is 3.85. The number of hydrogen-bond acceptors (Lipinski definition) is 4. The van der Waals surface area contributed by atoms with Crippen molar-refractivity contribution in [2.75, 3.05) is 0 Å². The minimum absolute atomic E-state index is 0. The van der Waals surface area contributed by atoms with Gasteiger partial charge in [0.1, 0.15) is 6.20 Å². The first-order valence-corrected chi connectivity index (χ1v) is 12.6. The van der Waals surface area contributed by atoms with Crippen molar-refractivity contribution in [1.82, 2.24) is 15.0 Å². The summed E-state index contributed by atoms with van der Waals surface area (Å²) < 4.78 is 0. The molecule has 3 rings (SSSR count). The normalized spacial score (nSPS) is 6.11. The second-order valence-corrected chi connectivity index (χ2v) is 3.85. The molecular formula is C29H57AlLiN5. The molecule has 0 atom stereocenters. The Balaban J connectivity index is -0.0000000367. The summed E-state index contributed by atoms with van der Waals surface area (Å²) in [4.78, 5) is 14.6. The fraction of sp³-hybridized carbons (Fsp3) is 0.448. The number of rotatable bonds is 1. The van der Waals surface area contributed by atoms with Crippen LogP contribution in [0.2, 0.25) is 0 Å². The third-order valence-corrected chi connectivity index (χ3v) is 2.27. The summed E-state index contributed by atoms with van der Waals surface area (Å²) in [6.45, 7) is 31.0. The molecule has 0 radical (unpaired) electrons. The SMILES string of the molecule is CC.CC.CC.CC.CC.CC.NCc1ccccn1.[AlH3].[C-]#[N+]c1ccccn1.[H-].[Li+].c1ccncc1. The smallest absolute Gasteiger partial charge is 1.00 e. The average Bonchev–Trinajstić information content (AvgIpc) is 3.01. The first-order valence-electron chi connectivity index (χ1n) is 12.6. The molecule has 5 nitrogen and oxygen atoms in total. The molecule has 0 aromatic carbocycles. The standard InChI is InChI=1S/C6H4N2.C6H8N2.C5H5N.6C2H6.Al.Li.4H/c1-7-6-4-2-3-5-8-6;7-5-6-3-1-2-4-8-6;1-2-4-6-5-3-1;6*1-2;;;;;;/h2-5H;1-4H,5,7H2;1-5H;6*1-2H3;;;;;;/q;;;;;;;;;;+1;;;;-1. The van der Waals surface area contributed by atoms with Crippen molar-refractivity contribution in [3.8, 4) is 0 Å². The average molecular weight is 510 g/mol. The maximum absolute atomic E-state index is 6.51. The van der Waals surface area contributed by atoms with Gasteiger partial charge >= 0.3 is 18.9 Å². The van der Waals surface area contributed by atoms with E-state index in [9.17, 15) is 0 Å². The fourth-order valence-corrected chi connectivity index (χ4v) is 1.25. The molecule has 0 aliphatic rings. The Hall–Kier alpha value is -1.97. The Kier molecular flexibility index (Phi) is 106. The van der Waals surface area contributed by atoms with Gasteiger partial charge in [-0.15, -0.1) is 4.98 Å². The molecule has 3 aromatic rings. The van der Waals surface area contributed by atoms with Crippen LogP contribution in [0.5, 0.6) is 0 Å². The van der Waals surface area contributed by atoms with Gasteiger partial charge in [-0.3, -0.25) is 9.97 Å². The van der Waals surface area contributed by atoms with Gasteiger partial charge in [0.15, 0.2) is 17.4 Å². The van der Waals surface area contributed by atoms with E-state index in [1.54, 1.807) is 43.0 Å². The third kappa shape index (κ3) is 53.4. The summed E-state index contributed by atoms with van der Waals surface area (Å²) in [5.41, 5.74) is 6.22. The van der Waals surface area contributed by atoms with Crippen molar-refractivity contribution in [3.05, 3.63) is 96.5 Å². The van der Waals surface area contributed by atoms with Crippen LogP contribution in [0.15, 0.2) is 79.4 Å². The van der Waals surface area contributed by atoms with Gasteiger partial charge in [0.2, 0.25) is 0 Å². The monoisotopic (exact) mass is 509 g/mol. The van der Waals surface area contributed by atoms with E-state index in [1.165, 1.54) is 0 Å². The van der Waals surface area contributed by atoms with E-state index in [0.29, 0.717) is 12.4 Å². The topological polar surface area (TPSA) is 69.0 Å². The van der Waals surface area contributed by atoms with E-state index in [1.807, 2.05) is 119 Å². The molecular weight excluding hydrogens is 452 g/mol. The van der Waals surface area contributed by atoms with Crippen LogP contribution in [-0.4, -0.2) is 32.3 Å². The fourth-order valence-electron chi connectivity index (χ4n) is 1.25. The van der Waals surface area contributed by atoms with Crippen molar-refractivity contribution in [1.29, 1.82) is 0 Å². The van der Waals surface area contributed by atoms with Crippen LogP contribution in [0.4, 0.5) is 5.82 Å². The quantitative estimate of drug-likeness (QED) is 0.355. The Bertz CT molecular complexity index is 633. The van der Waals surface area contributed by atoms with Crippen LogP contribution in [0.3, 0.4) is 0 Å². The maximum Gasteiger partial charge on any atom is 1.00 e. The third-order valence-electron chi connectivity index (χ3n) is 2.27. The molecule has 0 unspecified atom stereocenters. The molecule has 0 bridgehead atoms. The molecule has 7 heteroatoms. The van der Waals surface area contributed by atoms with Gasteiger partial charge in [0.25, 0.3) is 5.82 Å². The molecule has 0 saturated heterocycles. The van der Waals surface area contributed by atoms with E-state index >= 15 is 0 Å². The molecule has 0 saturated carbocycles. The van der Waals surface area contributed by atoms with Crippen molar-refractivity contribution >= 4 is 23.2 Å². The zero-order valence-electron chi connectivity index (χ0n) is 26.1. The van der Waals surface area contributed by atoms with Crippen LogP contribution in [0, 0.1) is 6.57 Å². The molecule has 36 heavy (non-hydrogen) atoms. The molecule has 0 aliphatic carbocycles. The van der Waals surface area contributed by atoms with E-state index < -0.39 is 0 Å². The molecule has 202 valence electrons. The Morgan fingerprint density at radius 2 is 1.03 bits per heavy atom. The summed E-state index contributed by atoms with van der Waals surface area (Å²) in [7, 11) is 0. The maximum atomic E-state index is 6.51. The van der Waals surface area contributed by atoms with Crippen LogP contribution in [0.1, 0.15) is 90.2 Å². The van der Waals surface area contributed by atoms with Gasteiger partial charge < -0.3 is 12.0 Å². The van der Waals surface area contributed by atoms with Crippen LogP contribution >= 0.6 is 0 Å². The molecule has 0 fully saturated rings. The number of nitrogens with two attached hydrogens (primary N) is 1. The van der Waals surface area contributed by atoms with E-state index in [4.69, 9.17) is 12.3 Å². The molecule has 2 N–H and O–H groups in total. The minimum atomic E-state index is 0. The number of nitrogens with zero attached hydrogens (tertiary/aromatic N) is 4. The van der Waals surface area contributed by atoms with Crippen LogP contribution in [-0.2, 0) is 6.54 Å². The van der Waals surface area contributed by atoms with Gasteiger partial charge in [0.05, 0.1) is 5.69 Å². The zero-order valence-corrected chi connectivity index (χ0v) is 25.1. The number of pyridine rings is 3.